The fourth-order valence-electron chi connectivity index (χ4n) is 0.956. The first-order valence-corrected chi connectivity index (χ1v) is 4.89. The smallest absolute Gasteiger partial charge is 0.223 e. The van der Waals surface area contributed by atoms with Crippen molar-refractivity contribution in [2.45, 2.75) is 33.6 Å². The van der Waals surface area contributed by atoms with Gasteiger partial charge in [-0.2, -0.15) is 4.39 Å². The summed E-state index contributed by atoms with van der Waals surface area (Å²) in [4.78, 5) is 14.6. The van der Waals surface area contributed by atoms with E-state index in [2.05, 4.69) is 4.98 Å². The molecular weight excluding hydrogens is 181 g/mol. The van der Waals surface area contributed by atoms with Gasteiger partial charge in [-0.25, -0.2) is 4.98 Å². The quantitative estimate of drug-likeness (QED) is 0.550. The third kappa shape index (κ3) is 3.64. The molecule has 0 aromatic carbocycles. The third-order valence-corrected chi connectivity index (χ3v) is 1.54. The number of rotatable bonds is 3. The van der Waals surface area contributed by atoms with Crippen LogP contribution in [0.2, 0.25) is 0 Å². The fraction of sp³-hybridized carbons (Fsp3) is 0.455. The van der Waals surface area contributed by atoms with E-state index in [4.69, 9.17) is 0 Å². The maximum absolute atomic E-state index is 12.8. The van der Waals surface area contributed by atoms with Crippen LogP contribution in [0.15, 0.2) is 18.3 Å². The van der Waals surface area contributed by atoms with Gasteiger partial charge in [0.1, 0.15) is 0 Å². The number of ketones is 1. The predicted octanol–water partition coefficient (Wildman–Crippen LogP) is 3.23. The molecule has 0 radical (unpaired) electrons. The molecule has 0 bridgehead atoms. The zero-order valence-corrected chi connectivity index (χ0v) is 8.88. The van der Waals surface area contributed by atoms with Gasteiger partial charge in [-0.05, 0) is 18.6 Å². The Bertz CT molecular complexity index is 286. The van der Waals surface area contributed by atoms with Crippen LogP contribution in [-0.4, -0.2) is 10.8 Å². The number of hydrogen-bond donors (Lipinski definition) is 0. The van der Waals surface area contributed by atoms with E-state index in [0.29, 0.717) is 6.42 Å². The van der Waals surface area contributed by atoms with Gasteiger partial charge in [-0.15, -0.1) is 0 Å². The summed E-state index contributed by atoms with van der Waals surface area (Å²) in [6, 6.07) is 3.02. The number of pyridine rings is 1. The lowest BCUT2D eigenvalue weighted by Gasteiger charge is -1.98. The molecule has 1 aromatic rings. The van der Waals surface area contributed by atoms with E-state index in [1.807, 2.05) is 20.8 Å². The molecule has 0 fully saturated rings. The molecule has 0 amide bonds. The molecule has 0 aliphatic carbocycles. The van der Waals surface area contributed by atoms with Gasteiger partial charge in [0.25, 0.3) is 0 Å². The minimum absolute atomic E-state index is 0.0966. The van der Waals surface area contributed by atoms with Crippen LogP contribution in [0.1, 0.15) is 44.0 Å². The average Bonchev–Trinajstić information content (AvgIpc) is 2.22. The highest BCUT2D eigenvalue weighted by atomic mass is 19.1. The fourth-order valence-corrected chi connectivity index (χ4v) is 0.956. The molecule has 2 nitrogen and oxygen atoms in total. The Balaban J connectivity index is 0.000000791. The van der Waals surface area contributed by atoms with Crippen molar-refractivity contribution >= 4 is 5.78 Å². The van der Waals surface area contributed by atoms with E-state index >= 15 is 0 Å². The Morgan fingerprint density at radius 2 is 2.14 bits per heavy atom. The van der Waals surface area contributed by atoms with Crippen LogP contribution in [0.25, 0.3) is 0 Å². The number of halogens is 1. The molecule has 0 saturated carbocycles. The normalized spacial score (nSPS) is 8.86. The van der Waals surface area contributed by atoms with Crippen LogP contribution in [0.3, 0.4) is 0 Å². The Morgan fingerprint density at radius 3 is 2.64 bits per heavy atom. The van der Waals surface area contributed by atoms with Gasteiger partial charge in [0.15, 0.2) is 5.78 Å². The zero-order valence-electron chi connectivity index (χ0n) is 8.88. The lowest BCUT2D eigenvalue weighted by molar-refractivity contribution is 0.0977. The Hall–Kier alpha value is -1.25. The lowest BCUT2D eigenvalue weighted by Crippen LogP contribution is -2.02. The summed E-state index contributed by atoms with van der Waals surface area (Å²) >= 11 is 0. The highest BCUT2D eigenvalue weighted by Gasteiger charge is 2.09. The molecule has 78 valence electrons. The maximum atomic E-state index is 12.8. The molecule has 1 aromatic heterocycles. The number of nitrogens with zero attached hydrogens (tertiary/aromatic N) is 1. The molecule has 0 spiro atoms. The highest BCUT2D eigenvalue weighted by Crippen LogP contribution is 2.07. The molecule has 1 rings (SSSR count). The van der Waals surface area contributed by atoms with Gasteiger partial charge in [0, 0.05) is 12.6 Å². The van der Waals surface area contributed by atoms with Gasteiger partial charge in [0.05, 0.1) is 5.56 Å². The van der Waals surface area contributed by atoms with Crippen LogP contribution in [-0.2, 0) is 0 Å². The van der Waals surface area contributed by atoms with Gasteiger partial charge < -0.3 is 0 Å². The first kappa shape index (κ1) is 12.8. The van der Waals surface area contributed by atoms with Crippen LogP contribution in [0.4, 0.5) is 4.39 Å². The summed E-state index contributed by atoms with van der Waals surface area (Å²) in [5.41, 5.74) is 0.0966. The van der Waals surface area contributed by atoms with Crippen LogP contribution in [0.5, 0.6) is 0 Å². The molecule has 0 N–H and O–H groups in total. The second-order valence-electron chi connectivity index (χ2n) is 2.51. The van der Waals surface area contributed by atoms with Gasteiger partial charge >= 0.3 is 0 Å². The minimum atomic E-state index is -0.670. The van der Waals surface area contributed by atoms with Crippen molar-refractivity contribution in [2.24, 2.45) is 0 Å². The SMILES string of the molecule is CC.CCCC(=O)c1cccnc1F. The van der Waals surface area contributed by atoms with Crippen molar-refractivity contribution in [1.29, 1.82) is 0 Å². The number of Topliss-reactive ketones (excluding diaryl/α,β-unsaturated/α-hetero) is 1. The second-order valence-corrected chi connectivity index (χ2v) is 2.51. The topological polar surface area (TPSA) is 30.0 Å². The van der Waals surface area contributed by atoms with Crippen molar-refractivity contribution in [3.05, 3.63) is 29.8 Å². The molecule has 14 heavy (non-hydrogen) atoms. The Labute approximate surface area is 84.2 Å². The van der Waals surface area contributed by atoms with Crippen molar-refractivity contribution < 1.29 is 9.18 Å². The van der Waals surface area contributed by atoms with E-state index in [-0.39, 0.29) is 11.3 Å². The van der Waals surface area contributed by atoms with Gasteiger partial charge in [-0.3, -0.25) is 4.79 Å². The first-order chi connectivity index (χ1) is 6.75. The standard InChI is InChI=1S/C9H10FNO.C2H6/c1-2-4-8(12)7-5-3-6-11-9(7)10;1-2/h3,5-6H,2,4H2,1H3;1-2H3. The molecule has 0 aliphatic heterocycles. The number of aromatic nitrogens is 1. The summed E-state index contributed by atoms with van der Waals surface area (Å²) in [6.45, 7) is 5.88. The highest BCUT2D eigenvalue weighted by molar-refractivity contribution is 5.95. The van der Waals surface area contributed by atoms with E-state index in [1.165, 1.54) is 12.3 Å². The number of hydrogen-bond acceptors (Lipinski definition) is 2. The molecule has 0 aliphatic rings. The lowest BCUT2D eigenvalue weighted by atomic mass is 10.1. The minimum Gasteiger partial charge on any atom is -0.294 e. The summed E-state index contributed by atoms with van der Waals surface area (Å²) in [5.74, 6) is -0.848. The zero-order chi connectivity index (χ0) is 11.0. The van der Waals surface area contributed by atoms with E-state index in [9.17, 15) is 9.18 Å². The predicted molar refractivity (Wildman–Crippen MR) is 54.8 cm³/mol. The van der Waals surface area contributed by atoms with Crippen LogP contribution >= 0.6 is 0 Å². The molecule has 1 heterocycles. The van der Waals surface area contributed by atoms with Crippen LogP contribution < -0.4 is 0 Å². The largest absolute Gasteiger partial charge is 0.294 e. The van der Waals surface area contributed by atoms with Gasteiger partial charge in [-0.1, -0.05) is 20.8 Å². The second kappa shape index (κ2) is 7.18. The van der Waals surface area contributed by atoms with Gasteiger partial charge in [0.2, 0.25) is 5.95 Å². The number of carbonyl (C=O) groups excluding carboxylic acids is 1. The van der Waals surface area contributed by atoms with E-state index in [0.717, 1.165) is 6.42 Å². The summed E-state index contributed by atoms with van der Waals surface area (Å²) in [7, 11) is 0. The monoisotopic (exact) mass is 197 g/mol. The summed E-state index contributed by atoms with van der Waals surface area (Å²) in [5, 5.41) is 0. The first-order valence-electron chi connectivity index (χ1n) is 4.89. The van der Waals surface area contributed by atoms with Crippen LogP contribution in [0, 0.1) is 5.95 Å². The Kier molecular flexibility index (Phi) is 6.54. The molecule has 3 heteroatoms. The molecular formula is C11H16FNO. The summed E-state index contributed by atoms with van der Waals surface area (Å²) in [6.07, 6.45) is 2.44. The van der Waals surface area contributed by atoms with Crippen molar-refractivity contribution in [3.8, 4) is 0 Å². The molecule has 0 unspecified atom stereocenters. The average molecular weight is 197 g/mol. The Morgan fingerprint density at radius 1 is 1.50 bits per heavy atom. The molecule has 0 saturated heterocycles. The van der Waals surface area contributed by atoms with Crippen molar-refractivity contribution in [3.63, 3.8) is 0 Å². The summed E-state index contributed by atoms with van der Waals surface area (Å²) < 4.78 is 12.8. The molecule has 0 atom stereocenters. The van der Waals surface area contributed by atoms with Crippen molar-refractivity contribution in [1.82, 2.24) is 4.98 Å². The maximum Gasteiger partial charge on any atom is 0.223 e. The third-order valence-electron chi connectivity index (χ3n) is 1.54. The van der Waals surface area contributed by atoms with E-state index in [1.54, 1.807) is 6.07 Å². The number of carbonyl (C=O) groups is 1. The van der Waals surface area contributed by atoms with Crippen molar-refractivity contribution in [2.75, 3.05) is 0 Å². The van der Waals surface area contributed by atoms with E-state index < -0.39 is 5.95 Å².